The van der Waals surface area contributed by atoms with E-state index < -0.39 is 17.7 Å². The number of halogens is 3. The normalized spacial score (nSPS) is 14.0. The summed E-state index contributed by atoms with van der Waals surface area (Å²) < 4.78 is 38.3. The van der Waals surface area contributed by atoms with Gasteiger partial charge in [0, 0.05) is 18.8 Å². The van der Waals surface area contributed by atoms with Gasteiger partial charge < -0.3 is 10.0 Å². The molecule has 1 aliphatic heterocycles. The maximum Gasteiger partial charge on any atom is 0.416 e. The maximum atomic E-state index is 12.8. The van der Waals surface area contributed by atoms with E-state index in [1.807, 2.05) is 4.90 Å². The predicted molar refractivity (Wildman–Crippen MR) is 79.6 cm³/mol. The van der Waals surface area contributed by atoms with Crippen LogP contribution in [0.25, 0.3) is 0 Å². The molecule has 0 radical (unpaired) electrons. The molecule has 3 rings (SSSR count). The highest BCUT2D eigenvalue weighted by Gasteiger charge is 2.30. The Hall–Kier alpha value is -2.50. The number of fused-ring (bicyclic) bond motifs is 1. The molecule has 120 valence electrons. The number of carboxylic acids is 1. The van der Waals surface area contributed by atoms with Crippen molar-refractivity contribution in [3.8, 4) is 0 Å². The number of carboxylic acid groups (broad SMARTS) is 1. The number of hydrogen-bond donors (Lipinski definition) is 1. The Morgan fingerprint density at radius 2 is 1.96 bits per heavy atom. The Morgan fingerprint density at radius 1 is 1.17 bits per heavy atom. The molecule has 0 saturated heterocycles. The summed E-state index contributed by atoms with van der Waals surface area (Å²) in [5, 5.41) is 9.00. The molecule has 1 aliphatic rings. The second kappa shape index (κ2) is 5.61. The fourth-order valence-electron chi connectivity index (χ4n) is 2.83. The van der Waals surface area contributed by atoms with Crippen LogP contribution >= 0.6 is 0 Å². The number of aromatic carboxylic acids is 1. The van der Waals surface area contributed by atoms with Crippen molar-refractivity contribution >= 4 is 11.7 Å². The van der Waals surface area contributed by atoms with Gasteiger partial charge in [-0.3, -0.25) is 0 Å². The van der Waals surface area contributed by atoms with Crippen LogP contribution in [0, 0.1) is 0 Å². The first-order chi connectivity index (χ1) is 10.8. The van der Waals surface area contributed by atoms with Crippen molar-refractivity contribution in [1.82, 2.24) is 0 Å². The fraction of sp³-hybridized carbons (Fsp3) is 0.235. The van der Waals surface area contributed by atoms with E-state index in [0.717, 1.165) is 23.4 Å². The van der Waals surface area contributed by atoms with E-state index in [9.17, 15) is 18.0 Å². The molecular weight excluding hydrogens is 307 g/mol. The minimum atomic E-state index is -4.35. The molecule has 1 N–H and O–H groups in total. The topological polar surface area (TPSA) is 40.5 Å². The van der Waals surface area contributed by atoms with Crippen molar-refractivity contribution in [2.24, 2.45) is 0 Å². The van der Waals surface area contributed by atoms with Gasteiger partial charge in [0.15, 0.2) is 0 Å². The SMILES string of the molecule is O=C(O)c1ccc2c(c1)CCN2Cc1cccc(C(F)(F)F)c1. The van der Waals surface area contributed by atoms with E-state index in [2.05, 4.69) is 0 Å². The van der Waals surface area contributed by atoms with Gasteiger partial charge in [-0.1, -0.05) is 12.1 Å². The van der Waals surface area contributed by atoms with Crippen LogP contribution < -0.4 is 4.90 Å². The molecule has 3 nitrogen and oxygen atoms in total. The van der Waals surface area contributed by atoms with Crippen LogP contribution in [0.1, 0.15) is 27.0 Å². The van der Waals surface area contributed by atoms with E-state index in [4.69, 9.17) is 5.11 Å². The highest BCUT2D eigenvalue weighted by Crippen LogP contribution is 2.32. The Labute approximate surface area is 131 Å². The van der Waals surface area contributed by atoms with Gasteiger partial charge in [0.05, 0.1) is 11.1 Å². The summed E-state index contributed by atoms with van der Waals surface area (Å²) in [6.07, 6.45) is -3.66. The molecule has 1 heterocycles. The summed E-state index contributed by atoms with van der Waals surface area (Å²) in [5.74, 6) is -0.982. The number of hydrogen-bond acceptors (Lipinski definition) is 2. The van der Waals surface area contributed by atoms with Crippen molar-refractivity contribution in [1.29, 1.82) is 0 Å². The van der Waals surface area contributed by atoms with Crippen molar-refractivity contribution in [2.75, 3.05) is 11.4 Å². The zero-order valence-electron chi connectivity index (χ0n) is 12.1. The molecule has 0 saturated carbocycles. The molecule has 23 heavy (non-hydrogen) atoms. The number of rotatable bonds is 3. The zero-order valence-corrected chi connectivity index (χ0v) is 12.1. The minimum Gasteiger partial charge on any atom is -0.478 e. The maximum absolute atomic E-state index is 12.8. The van der Waals surface area contributed by atoms with Gasteiger partial charge >= 0.3 is 12.1 Å². The summed E-state index contributed by atoms with van der Waals surface area (Å²) in [6.45, 7) is 1.03. The summed E-state index contributed by atoms with van der Waals surface area (Å²) in [6, 6.07) is 10.2. The van der Waals surface area contributed by atoms with Gasteiger partial charge in [-0.15, -0.1) is 0 Å². The minimum absolute atomic E-state index is 0.227. The van der Waals surface area contributed by atoms with Crippen molar-refractivity contribution in [2.45, 2.75) is 19.1 Å². The fourth-order valence-corrected chi connectivity index (χ4v) is 2.83. The summed E-state index contributed by atoms with van der Waals surface area (Å²) >= 11 is 0. The number of nitrogens with zero attached hydrogens (tertiary/aromatic N) is 1. The van der Waals surface area contributed by atoms with E-state index in [1.165, 1.54) is 12.1 Å². The third-order valence-corrected chi connectivity index (χ3v) is 3.95. The number of benzene rings is 2. The highest BCUT2D eigenvalue weighted by molar-refractivity contribution is 5.88. The molecule has 0 atom stereocenters. The van der Waals surface area contributed by atoms with Crippen molar-refractivity contribution < 1.29 is 23.1 Å². The van der Waals surface area contributed by atoms with Gasteiger partial charge in [-0.05, 0) is 47.9 Å². The monoisotopic (exact) mass is 321 g/mol. The molecule has 0 aliphatic carbocycles. The summed E-state index contributed by atoms with van der Waals surface area (Å²) in [4.78, 5) is 13.0. The first-order valence-corrected chi connectivity index (χ1v) is 7.12. The molecule has 0 aromatic heterocycles. The molecule has 6 heteroatoms. The largest absolute Gasteiger partial charge is 0.478 e. The lowest BCUT2D eigenvalue weighted by Gasteiger charge is -2.20. The van der Waals surface area contributed by atoms with Crippen molar-refractivity contribution in [3.63, 3.8) is 0 Å². The molecule has 0 fully saturated rings. The second-order valence-corrected chi connectivity index (χ2v) is 5.52. The third kappa shape index (κ3) is 3.16. The van der Waals surface area contributed by atoms with Gasteiger partial charge in [0.25, 0.3) is 0 Å². The van der Waals surface area contributed by atoms with Crippen LogP contribution in [0.2, 0.25) is 0 Å². The molecule has 2 aromatic carbocycles. The van der Waals surface area contributed by atoms with E-state index in [-0.39, 0.29) is 5.56 Å². The third-order valence-electron chi connectivity index (χ3n) is 3.95. The lowest BCUT2D eigenvalue weighted by molar-refractivity contribution is -0.137. The summed E-state index contributed by atoms with van der Waals surface area (Å²) in [7, 11) is 0. The van der Waals surface area contributed by atoms with Crippen LogP contribution in [0.15, 0.2) is 42.5 Å². The van der Waals surface area contributed by atoms with Crippen LogP contribution in [0.4, 0.5) is 18.9 Å². The Morgan fingerprint density at radius 3 is 2.65 bits per heavy atom. The molecular formula is C17H14F3NO2. The Balaban J connectivity index is 1.83. The standard InChI is InChI=1S/C17H14F3NO2/c18-17(19,20)14-3-1-2-11(8-14)10-21-7-6-12-9-13(16(22)23)4-5-15(12)21/h1-5,8-9H,6-7,10H2,(H,22,23). The van der Waals surface area contributed by atoms with E-state index >= 15 is 0 Å². The smallest absolute Gasteiger partial charge is 0.416 e. The number of carbonyl (C=O) groups is 1. The van der Waals surface area contributed by atoms with Gasteiger partial charge in [0.2, 0.25) is 0 Å². The zero-order chi connectivity index (χ0) is 16.6. The Bertz CT molecular complexity index is 756. The van der Waals surface area contributed by atoms with Crippen LogP contribution in [0.5, 0.6) is 0 Å². The van der Waals surface area contributed by atoms with E-state index in [0.29, 0.717) is 25.1 Å². The first-order valence-electron chi connectivity index (χ1n) is 7.12. The average molecular weight is 321 g/mol. The van der Waals surface area contributed by atoms with Crippen LogP contribution in [0.3, 0.4) is 0 Å². The van der Waals surface area contributed by atoms with E-state index in [1.54, 1.807) is 18.2 Å². The lowest BCUT2D eigenvalue weighted by atomic mass is 10.1. The molecule has 2 aromatic rings. The van der Waals surface area contributed by atoms with Crippen LogP contribution in [-0.2, 0) is 19.1 Å². The number of alkyl halides is 3. The highest BCUT2D eigenvalue weighted by atomic mass is 19.4. The second-order valence-electron chi connectivity index (χ2n) is 5.52. The van der Waals surface area contributed by atoms with Crippen molar-refractivity contribution in [3.05, 3.63) is 64.7 Å². The molecule has 0 amide bonds. The van der Waals surface area contributed by atoms with Gasteiger partial charge in [-0.2, -0.15) is 13.2 Å². The quantitative estimate of drug-likeness (QED) is 0.930. The Kier molecular flexibility index (Phi) is 3.75. The average Bonchev–Trinajstić information content (AvgIpc) is 2.89. The number of anilines is 1. The lowest BCUT2D eigenvalue weighted by Crippen LogP contribution is -2.20. The van der Waals surface area contributed by atoms with Gasteiger partial charge in [-0.25, -0.2) is 4.79 Å². The molecule has 0 unspecified atom stereocenters. The van der Waals surface area contributed by atoms with Crippen LogP contribution in [-0.4, -0.2) is 17.6 Å². The molecule has 0 bridgehead atoms. The molecule has 0 spiro atoms. The predicted octanol–water partition coefficient (Wildman–Crippen LogP) is 3.97. The van der Waals surface area contributed by atoms with Gasteiger partial charge in [0.1, 0.15) is 0 Å². The summed E-state index contributed by atoms with van der Waals surface area (Å²) in [5.41, 5.74) is 1.94. The first kappa shape index (κ1) is 15.4.